The zero-order valence-corrected chi connectivity index (χ0v) is 17.8. The first-order valence-corrected chi connectivity index (χ1v) is 10.9. The van der Waals surface area contributed by atoms with Crippen molar-refractivity contribution in [3.8, 4) is 22.9 Å². The summed E-state index contributed by atoms with van der Waals surface area (Å²) in [6, 6.07) is 15.5. The number of aromatic nitrogens is 3. The summed E-state index contributed by atoms with van der Waals surface area (Å²) in [5.41, 5.74) is 1.90. The van der Waals surface area contributed by atoms with Crippen molar-refractivity contribution in [2.75, 3.05) is 19.5 Å². The lowest BCUT2D eigenvalue weighted by atomic mass is 10.0. The Kier molecular flexibility index (Phi) is 6.23. The molecule has 4 rings (SSSR count). The van der Waals surface area contributed by atoms with Gasteiger partial charge in [-0.1, -0.05) is 42.1 Å². The lowest BCUT2D eigenvalue weighted by molar-refractivity contribution is -0.119. The van der Waals surface area contributed by atoms with E-state index in [0.29, 0.717) is 18.3 Å². The number of benzene rings is 2. The monoisotopic (exact) mass is 424 g/mol. The maximum absolute atomic E-state index is 12.6. The average molecular weight is 425 g/mol. The van der Waals surface area contributed by atoms with Crippen molar-refractivity contribution >= 4 is 17.7 Å². The van der Waals surface area contributed by atoms with Crippen molar-refractivity contribution in [1.29, 1.82) is 0 Å². The van der Waals surface area contributed by atoms with Crippen LogP contribution in [0.25, 0.3) is 11.4 Å². The van der Waals surface area contributed by atoms with Gasteiger partial charge >= 0.3 is 0 Å². The summed E-state index contributed by atoms with van der Waals surface area (Å²) in [7, 11) is 1.64. The third kappa shape index (κ3) is 4.14. The zero-order chi connectivity index (χ0) is 20.9. The van der Waals surface area contributed by atoms with Gasteiger partial charge in [-0.15, -0.1) is 10.2 Å². The van der Waals surface area contributed by atoms with E-state index in [-0.39, 0.29) is 17.7 Å². The molecule has 1 unspecified atom stereocenters. The number of fused-ring (bicyclic) bond motifs is 1. The van der Waals surface area contributed by atoms with E-state index in [1.54, 1.807) is 7.11 Å². The summed E-state index contributed by atoms with van der Waals surface area (Å²) in [6.45, 7) is 3.32. The molecule has 156 valence electrons. The topological polar surface area (TPSA) is 78.3 Å². The van der Waals surface area contributed by atoms with Gasteiger partial charge in [-0.25, -0.2) is 0 Å². The van der Waals surface area contributed by atoms with Crippen molar-refractivity contribution in [2.24, 2.45) is 0 Å². The molecule has 30 heavy (non-hydrogen) atoms. The maximum Gasteiger partial charge on any atom is 0.230 e. The predicted molar refractivity (Wildman–Crippen MR) is 116 cm³/mol. The van der Waals surface area contributed by atoms with Gasteiger partial charge in [-0.2, -0.15) is 0 Å². The minimum atomic E-state index is -0.0359. The molecule has 0 saturated carbocycles. The molecular weight excluding hydrogens is 400 g/mol. The molecule has 0 bridgehead atoms. The molecule has 1 amide bonds. The molecular formula is C22H24N4O3S. The van der Waals surface area contributed by atoms with Gasteiger partial charge in [0.2, 0.25) is 5.91 Å². The predicted octanol–water partition coefficient (Wildman–Crippen LogP) is 3.71. The van der Waals surface area contributed by atoms with Crippen molar-refractivity contribution in [1.82, 2.24) is 20.1 Å². The van der Waals surface area contributed by atoms with Crippen molar-refractivity contribution in [3.05, 3.63) is 54.1 Å². The molecule has 0 radical (unpaired) electrons. The highest BCUT2D eigenvalue weighted by Crippen LogP contribution is 2.32. The van der Waals surface area contributed by atoms with Crippen LogP contribution in [0.4, 0.5) is 0 Å². The smallest absolute Gasteiger partial charge is 0.230 e. The zero-order valence-electron chi connectivity index (χ0n) is 17.0. The van der Waals surface area contributed by atoms with Gasteiger partial charge in [-0.05, 0) is 25.1 Å². The minimum absolute atomic E-state index is 0.0313. The number of methoxy groups -OCH3 is 1. The van der Waals surface area contributed by atoms with Gasteiger partial charge in [0.1, 0.15) is 11.5 Å². The molecule has 1 aromatic heterocycles. The Morgan fingerprint density at radius 1 is 1.23 bits per heavy atom. The lowest BCUT2D eigenvalue weighted by Crippen LogP contribution is -2.33. The second-order valence-corrected chi connectivity index (χ2v) is 7.78. The van der Waals surface area contributed by atoms with E-state index >= 15 is 0 Å². The third-order valence-corrected chi connectivity index (χ3v) is 5.97. The van der Waals surface area contributed by atoms with Crippen LogP contribution in [-0.2, 0) is 11.3 Å². The first kappa shape index (κ1) is 20.3. The molecule has 3 aromatic rings. The minimum Gasteiger partial charge on any atom is -0.496 e. The Morgan fingerprint density at radius 3 is 2.87 bits per heavy atom. The largest absolute Gasteiger partial charge is 0.496 e. The summed E-state index contributed by atoms with van der Waals surface area (Å²) in [5.74, 6) is 2.55. The number of nitrogens with zero attached hydrogens (tertiary/aromatic N) is 3. The van der Waals surface area contributed by atoms with Gasteiger partial charge in [0.15, 0.2) is 11.0 Å². The van der Waals surface area contributed by atoms with Gasteiger partial charge in [0.05, 0.1) is 31.1 Å². The summed E-state index contributed by atoms with van der Waals surface area (Å²) in [6.07, 6.45) is 0.760. The number of thioether (sulfide) groups is 1. The molecule has 1 aliphatic rings. The van der Waals surface area contributed by atoms with Crippen LogP contribution in [0.5, 0.6) is 11.5 Å². The van der Waals surface area contributed by atoms with E-state index in [4.69, 9.17) is 9.47 Å². The van der Waals surface area contributed by atoms with Gasteiger partial charge in [-0.3, -0.25) is 4.79 Å². The second-order valence-electron chi connectivity index (χ2n) is 6.83. The summed E-state index contributed by atoms with van der Waals surface area (Å²) in [4.78, 5) is 12.6. The molecule has 2 aromatic carbocycles. The Balaban J connectivity index is 1.45. The standard InChI is InChI=1S/C22H24N4O3S/c1-3-26-21(16-9-5-6-10-18(16)28-2)24-25-22(26)30-14-20(27)23-17-12-13-29-19-11-7-4-8-15(17)19/h4-11,17H,3,12-14H2,1-2H3,(H,23,27). The molecule has 0 fully saturated rings. The number of ether oxygens (including phenoxy) is 2. The molecule has 2 heterocycles. The molecule has 0 saturated heterocycles. The van der Waals surface area contributed by atoms with Crippen LogP contribution in [-0.4, -0.2) is 40.1 Å². The van der Waals surface area contributed by atoms with E-state index in [9.17, 15) is 4.79 Å². The van der Waals surface area contributed by atoms with E-state index in [1.807, 2.05) is 60.0 Å². The van der Waals surface area contributed by atoms with Crippen molar-refractivity contribution < 1.29 is 14.3 Å². The molecule has 0 aliphatic carbocycles. The van der Waals surface area contributed by atoms with Crippen molar-refractivity contribution in [2.45, 2.75) is 31.1 Å². The number of carbonyl (C=O) groups excluding carboxylic acids is 1. The molecule has 8 heteroatoms. The Hall–Kier alpha value is -3.00. The van der Waals surface area contributed by atoms with E-state index in [0.717, 1.165) is 34.9 Å². The number of amides is 1. The second kappa shape index (κ2) is 9.21. The van der Waals surface area contributed by atoms with E-state index in [1.165, 1.54) is 11.8 Å². The van der Waals surface area contributed by atoms with E-state index < -0.39 is 0 Å². The fourth-order valence-electron chi connectivity index (χ4n) is 3.57. The highest BCUT2D eigenvalue weighted by atomic mass is 32.2. The van der Waals surface area contributed by atoms with Gasteiger partial charge in [0, 0.05) is 18.5 Å². The van der Waals surface area contributed by atoms with Crippen LogP contribution in [0.15, 0.2) is 53.7 Å². The Labute approximate surface area is 179 Å². The lowest BCUT2D eigenvalue weighted by Gasteiger charge is -2.26. The van der Waals surface area contributed by atoms with Crippen molar-refractivity contribution in [3.63, 3.8) is 0 Å². The molecule has 0 spiro atoms. The number of para-hydroxylation sites is 2. The number of hydrogen-bond donors (Lipinski definition) is 1. The van der Waals surface area contributed by atoms with Crippen LogP contribution < -0.4 is 14.8 Å². The molecule has 7 nitrogen and oxygen atoms in total. The quantitative estimate of drug-likeness (QED) is 0.583. The SMILES string of the molecule is CCn1c(SCC(=O)NC2CCOc3ccccc32)nnc1-c1ccccc1OC. The normalized spacial score (nSPS) is 15.2. The first-order valence-electron chi connectivity index (χ1n) is 9.91. The fraction of sp³-hybridized carbons (Fsp3) is 0.318. The molecule has 1 atom stereocenters. The number of carbonyl (C=O) groups is 1. The Bertz CT molecular complexity index is 1040. The van der Waals surface area contributed by atoms with Crippen LogP contribution in [0, 0.1) is 0 Å². The third-order valence-electron chi connectivity index (χ3n) is 5.01. The van der Waals surface area contributed by atoms with Crippen LogP contribution >= 0.6 is 11.8 Å². The molecule has 1 N–H and O–H groups in total. The number of hydrogen-bond acceptors (Lipinski definition) is 6. The number of rotatable bonds is 7. The van der Waals surface area contributed by atoms with Crippen LogP contribution in [0.3, 0.4) is 0 Å². The van der Waals surface area contributed by atoms with E-state index in [2.05, 4.69) is 15.5 Å². The van der Waals surface area contributed by atoms with Gasteiger partial charge < -0.3 is 19.4 Å². The highest BCUT2D eigenvalue weighted by molar-refractivity contribution is 7.99. The fourth-order valence-corrected chi connectivity index (χ4v) is 4.38. The van der Waals surface area contributed by atoms with Crippen LogP contribution in [0.1, 0.15) is 24.9 Å². The Morgan fingerprint density at radius 2 is 2.03 bits per heavy atom. The first-order chi connectivity index (χ1) is 14.7. The maximum atomic E-state index is 12.6. The summed E-state index contributed by atoms with van der Waals surface area (Å²) >= 11 is 1.38. The molecule has 1 aliphatic heterocycles. The highest BCUT2D eigenvalue weighted by Gasteiger charge is 2.23. The van der Waals surface area contributed by atoms with Gasteiger partial charge in [0.25, 0.3) is 0 Å². The average Bonchev–Trinajstić information content (AvgIpc) is 3.20. The van der Waals surface area contributed by atoms with Crippen LogP contribution in [0.2, 0.25) is 0 Å². The summed E-state index contributed by atoms with van der Waals surface area (Å²) < 4.78 is 13.1. The number of nitrogens with one attached hydrogen (secondary N) is 1. The summed E-state index contributed by atoms with van der Waals surface area (Å²) in [5, 5.41) is 12.5.